The highest BCUT2D eigenvalue weighted by atomic mass is 16.7. The van der Waals surface area contributed by atoms with Crippen LogP contribution in [0.25, 0.3) is 11.2 Å². The van der Waals surface area contributed by atoms with Crippen molar-refractivity contribution in [2.45, 2.75) is 45.3 Å². The number of hydrogen-bond donors (Lipinski definition) is 3. The number of urea groups is 1. The van der Waals surface area contributed by atoms with E-state index in [0.29, 0.717) is 5.69 Å². The Morgan fingerprint density at radius 1 is 1.00 bits per heavy atom. The summed E-state index contributed by atoms with van der Waals surface area (Å²) in [7, 11) is 0. The molecule has 2 amide bonds. The van der Waals surface area contributed by atoms with Gasteiger partial charge >= 0.3 is 23.9 Å². The number of benzene rings is 1. The van der Waals surface area contributed by atoms with Crippen molar-refractivity contribution in [1.29, 1.82) is 0 Å². The number of carbonyl (C=O) groups is 4. The first-order valence-electron chi connectivity index (χ1n) is 11.4. The number of esters is 3. The fourth-order valence-corrected chi connectivity index (χ4v) is 3.88. The van der Waals surface area contributed by atoms with Crippen LogP contribution in [0.3, 0.4) is 0 Å². The summed E-state index contributed by atoms with van der Waals surface area (Å²) in [6.45, 7) is 3.20. The SMILES string of the molecule is CC(=O)OCC1OC(n2cnc3c(=O)[nH]c(NC(=O)Nc4ccccc4)nc32)C(OC(C)=O)C1OC(C)=O. The number of rotatable bonds is 7. The first-order chi connectivity index (χ1) is 18.1. The molecule has 4 rings (SSSR count). The molecule has 3 N–H and O–H groups in total. The molecule has 0 spiro atoms. The molecule has 1 aliphatic rings. The molecular weight excluding hydrogens is 504 g/mol. The number of nitrogens with one attached hydrogen (secondary N) is 3. The maximum Gasteiger partial charge on any atom is 0.326 e. The first kappa shape index (κ1) is 26.3. The van der Waals surface area contributed by atoms with E-state index >= 15 is 0 Å². The number of nitrogens with zero attached hydrogens (tertiary/aromatic N) is 3. The molecule has 3 aromatic rings. The van der Waals surface area contributed by atoms with Gasteiger partial charge in [-0.2, -0.15) is 4.98 Å². The van der Waals surface area contributed by atoms with Crippen LogP contribution in [0.15, 0.2) is 41.5 Å². The summed E-state index contributed by atoms with van der Waals surface area (Å²) in [6.07, 6.45) is -3.36. The van der Waals surface area contributed by atoms with Crippen LogP contribution in [-0.2, 0) is 33.3 Å². The zero-order valence-electron chi connectivity index (χ0n) is 20.5. The summed E-state index contributed by atoms with van der Waals surface area (Å²) >= 11 is 0. The van der Waals surface area contributed by atoms with E-state index in [0.717, 1.165) is 13.8 Å². The average molecular weight is 528 g/mol. The molecular formula is C23H24N6O9. The van der Waals surface area contributed by atoms with Gasteiger partial charge in [-0.25, -0.2) is 9.78 Å². The number of ether oxygens (including phenoxy) is 4. The van der Waals surface area contributed by atoms with Gasteiger partial charge in [-0.3, -0.25) is 34.0 Å². The number of carbonyl (C=O) groups excluding carboxylic acids is 4. The molecule has 0 radical (unpaired) electrons. The molecule has 0 bridgehead atoms. The summed E-state index contributed by atoms with van der Waals surface area (Å²) in [5.74, 6) is -2.20. The second-order valence-electron chi connectivity index (χ2n) is 8.20. The lowest BCUT2D eigenvalue weighted by atomic mass is 10.1. The van der Waals surface area contributed by atoms with Crippen molar-refractivity contribution in [3.8, 4) is 0 Å². The monoisotopic (exact) mass is 528 g/mol. The Kier molecular flexibility index (Phi) is 7.66. The third-order valence-electron chi connectivity index (χ3n) is 5.31. The van der Waals surface area contributed by atoms with Gasteiger partial charge < -0.3 is 24.3 Å². The van der Waals surface area contributed by atoms with E-state index in [9.17, 15) is 24.0 Å². The van der Waals surface area contributed by atoms with Gasteiger partial charge in [-0.05, 0) is 12.1 Å². The third-order valence-corrected chi connectivity index (χ3v) is 5.31. The van der Waals surface area contributed by atoms with Crippen molar-refractivity contribution in [3.63, 3.8) is 0 Å². The van der Waals surface area contributed by atoms with E-state index in [4.69, 9.17) is 18.9 Å². The molecule has 3 heterocycles. The van der Waals surface area contributed by atoms with Crippen molar-refractivity contribution in [1.82, 2.24) is 19.5 Å². The van der Waals surface area contributed by atoms with Crippen molar-refractivity contribution >= 4 is 46.7 Å². The lowest BCUT2D eigenvalue weighted by Gasteiger charge is -2.23. The van der Waals surface area contributed by atoms with Gasteiger partial charge in [-0.1, -0.05) is 18.2 Å². The number of fused-ring (bicyclic) bond motifs is 1. The van der Waals surface area contributed by atoms with Gasteiger partial charge in [0.2, 0.25) is 5.95 Å². The lowest BCUT2D eigenvalue weighted by Crippen LogP contribution is -2.40. The summed E-state index contributed by atoms with van der Waals surface area (Å²) in [6, 6.07) is 7.93. The second-order valence-corrected chi connectivity index (χ2v) is 8.20. The minimum Gasteiger partial charge on any atom is -0.463 e. The van der Waals surface area contributed by atoms with E-state index in [1.54, 1.807) is 30.3 Å². The Balaban J connectivity index is 1.68. The van der Waals surface area contributed by atoms with Crippen LogP contribution < -0.4 is 16.2 Å². The predicted octanol–water partition coefficient (Wildman–Crippen LogP) is 1.09. The topological polar surface area (TPSA) is 193 Å². The molecule has 1 saturated heterocycles. The normalized spacial score (nSPS) is 20.5. The van der Waals surface area contributed by atoms with E-state index < -0.39 is 54.0 Å². The summed E-state index contributed by atoms with van der Waals surface area (Å²) < 4.78 is 23.1. The number of H-pyrrole nitrogens is 1. The summed E-state index contributed by atoms with van der Waals surface area (Å²) in [5, 5.41) is 5.04. The van der Waals surface area contributed by atoms with Gasteiger partial charge in [0.25, 0.3) is 5.56 Å². The number of aromatic amines is 1. The predicted molar refractivity (Wildman–Crippen MR) is 129 cm³/mol. The molecule has 4 atom stereocenters. The minimum absolute atomic E-state index is 0.0272. The number of imidazole rings is 1. The van der Waals surface area contributed by atoms with E-state index in [2.05, 4.69) is 25.6 Å². The van der Waals surface area contributed by atoms with Crippen LogP contribution >= 0.6 is 0 Å². The van der Waals surface area contributed by atoms with E-state index in [-0.39, 0.29) is 23.7 Å². The summed E-state index contributed by atoms with van der Waals surface area (Å²) in [5.41, 5.74) is -0.284. The molecule has 200 valence electrons. The number of para-hydroxylation sites is 1. The zero-order valence-corrected chi connectivity index (χ0v) is 20.5. The number of anilines is 2. The van der Waals surface area contributed by atoms with Crippen LogP contribution in [0, 0.1) is 0 Å². The minimum atomic E-state index is -1.21. The first-order valence-corrected chi connectivity index (χ1v) is 11.4. The summed E-state index contributed by atoms with van der Waals surface area (Å²) in [4.78, 5) is 71.0. The van der Waals surface area contributed by atoms with Crippen LogP contribution in [0.1, 0.15) is 27.0 Å². The molecule has 0 aliphatic carbocycles. The Morgan fingerprint density at radius 2 is 1.68 bits per heavy atom. The zero-order chi connectivity index (χ0) is 27.4. The molecule has 38 heavy (non-hydrogen) atoms. The smallest absolute Gasteiger partial charge is 0.326 e. The van der Waals surface area contributed by atoms with Gasteiger partial charge in [0, 0.05) is 26.5 Å². The molecule has 0 saturated carbocycles. The third kappa shape index (κ3) is 5.95. The van der Waals surface area contributed by atoms with Crippen LogP contribution in [0.5, 0.6) is 0 Å². The van der Waals surface area contributed by atoms with Crippen molar-refractivity contribution in [3.05, 3.63) is 47.0 Å². The second kappa shape index (κ2) is 11.1. The Hall–Kier alpha value is -4.79. The highest BCUT2D eigenvalue weighted by Crippen LogP contribution is 2.35. The highest BCUT2D eigenvalue weighted by Gasteiger charge is 2.51. The van der Waals surface area contributed by atoms with E-state index in [1.165, 1.54) is 17.8 Å². The molecule has 15 nitrogen and oxygen atoms in total. The standard InChI is InChI=1S/C23H24N6O9/c1-11(30)35-9-15-17(36-12(2)31)18(37-13(3)32)21(38-15)29-10-24-16-19(29)26-22(27-20(16)33)28-23(34)25-14-7-5-4-6-8-14/h4-8,10,15,17-18,21H,9H2,1-3H3,(H3,25,26,27,28,33,34). The maximum atomic E-state index is 12.7. The van der Waals surface area contributed by atoms with E-state index in [1.807, 2.05) is 0 Å². The number of hydrogen-bond acceptors (Lipinski definition) is 11. The Bertz CT molecular complexity index is 1420. The van der Waals surface area contributed by atoms with Crippen molar-refractivity contribution in [2.24, 2.45) is 0 Å². The Labute approximate surface area is 214 Å². The molecule has 1 fully saturated rings. The maximum absolute atomic E-state index is 12.7. The van der Waals surface area contributed by atoms with Crippen LogP contribution in [0.2, 0.25) is 0 Å². The van der Waals surface area contributed by atoms with Gasteiger partial charge in [0.1, 0.15) is 12.7 Å². The molecule has 1 aliphatic heterocycles. The lowest BCUT2D eigenvalue weighted by molar-refractivity contribution is -0.166. The van der Waals surface area contributed by atoms with Gasteiger partial charge in [0.15, 0.2) is 29.6 Å². The highest BCUT2D eigenvalue weighted by molar-refractivity contribution is 5.98. The largest absolute Gasteiger partial charge is 0.463 e. The molecule has 2 aromatic heterocycles. The van der Waals surface area contributed by atoms with Crippen LogP contribution in [-0.4, -0.2) is 68.4 Å². The molecule has 1 aromatic carbocycles. The number of amides is 2. The quantitative estimate of drug-likeness (QED) is 0.293. The van der Waals surface area contributed by atoms with Gasteiger partial charge in [0.05, 0.1) is 6.33 Å². The van der Waals surface area contributed by atoms with Crippen LogP contribution in [0.4, 0.5) is 16.4 Å². The molecule has 15 heteroatoms. The van der Waals surface area contributed by atoms with Gasteiger partial charge in [-0.15, -0.1) is 0 Å². The van der Waals surface area contributed by atoms with Crippen molar-refractivity contribution < 1.29 is 38.1 Å². The van der Waals surface area contributed by atoms with Crippen molar-refractivity contribution in [2.75, 3.05) is 17.2 Å². The number of aromatic nitrogens is 4. The Morgan fingerprint density at radius 3 is 2.34 bits per heavy atom. The fourth-order valence-electron chi connectivity index (χ4n) is 3.88. The fraction of sp³-hybridized carbons (Fsp3) is 0.348. The average Bonchev–Trinajstić information content (AvgIpc) is 3.39. The molecule has 4 unspecified atom stereocenters.